The van der Waals surface area contributed by atoms with Crippen molar-refractivity contribution in [2.75, 3.05) is 26.2 Å². The monoisotopic (exact) mass is 394 g/mol. The predicted molar refractivity (Wildman–Crippen MR) is 99.6 cm³/mol. The van der Waals surface area contributed by atoms with E-state index in [1.165, 1.54) is 4.31 Å². The number of carbonyl (C=O) groups excluding carboxylic acids is 1. The highest BCUT2D eigenvalue weighted by Crippen LogP contribution is 2.32. The average Bonchev–Trinajstić information content (AvgIpc) is 2.68. The molecule has 2 fully saturated rings. The molecule has 1 aromatic carbocycles. The number of aryl methyl sites for hydroxylation is 1. The van der Waals surface area contributed by atoms with Crippen molar-refractivity contribution < 1.29 is 23.1 Å². The van der Waals surface area contributed by atoms with E-state index in [0.717, 1.165) is 18.4 Å². The van der Waals surface area contributed by atoms with Crippen LogP contribution in [-0.2, 0) is 19.6 Å². The Kier molecular flexibility index (Phi) is 5.86. The van der Waals surface area contributed by atoms with Crippen molar-refractivity contribution in [3.63, 3.8) is 0 Å². The molecular formula is C19H26N2O5S. The number of rotatable bonds is 4. The van der Waals surface area contributed by atoms with Gasteiger partial charge in [-0.25, -0.2) is 8.42 Å². The smallest absolute Gasteiger partial charge is 0.307 e. The average molecular weight is 394 g/mol. The van der Waals surface area contributed by atoms with Gasteiger partial charge in [-0.3, -0.25) is 9.59 Å². The lowest BCUT2D eigenvalue weighted by molar-refractivity contribution is -0.152. The molecule has 0 spiro atoms. The molecule has 7 nitrogen and oxygen atoms in total. The van der Waals surface area contributed by atoms with Crippen LogP contribution in [0.5, 0.6) is 0 Å². The third kappa shape index (κ3) is 4.16. The Morgan fingerprint density at radius 3 is 2.07 bits per heavy atom. The molecule has 0 unspecified atom stereocenters. The highest BCUT2D eigenvalue weighted by atomic mass is 32.2. The number of sulfonamides is 1. The number of carboxylic acid groups (broad SMARTS) is 1. The Bertz CT molecular complexity index is 798. The fourth-order valence-corrected chi connectivity index (χ4v) is 5.39. The fraction of sp³-hybridized carbons (Fsp3) is 0.579. The largest absolute Gasteiger partial charge is 0.481 e. The molecule has 1 aliphatic carbocycles. The number of nitrogens with zero attached hydrogens (tertiary/aromatic N) is 2. The summed E-state index contributed by atoms with van der Waals surface area (Å²) in [6, 6.07) is 6.73. The van der Waals surface area contributed by atoms with Gasteiger partial charge in [0.1, 0.15) is 0 Å². The number of carboxylic acids is 1. The van der Waals surface area contributed by atoms with E-state index in [4.69, 9.17) is 0 Å². The third-order valence-electron chi connectivity index (χ3n) is 5.61. The Balaban J connectivity index is 1.65. The van der Waals surface area contributed by atoms with Crippen LogP contribution >= 0.6 is 0 Å². The van der Waals surface area contributed by atoms with Crippen LogP contribution in [0.25, 0.3) is 0 Å². The first-order valence-electron chi connectivity index (χ1n) is 9.39. The predicted octanol–water partition coefficient (Wildman–Crippen LogP) is 1.72. The number of hydrogen-bond donors (Lipinski definition) is 1. The van der Waals surface area contributed by atoms with Crippen LogP contribution < -0.4 is 0 Å². The van der Waals surface area contributed by atoms with E-state index < -0.39 is 27.8 Å². The lowest BCUT2D eigenvalue weighted by Gasteiger charge is -2.38. The highest BCUT2D eigenvalue weighted by Gasteiger charge is 2.39. The standard InChI is InChI=1S/C19H26N2O5S/c1-14-6-8-15(9-7-14)27(25,26)21-12-10-20(11-13-21)18(22)16-4-2-3-5-17(16)19(23)24/h6-9,16-17H,2-5,10-13H2,1H3,(H,23,24)/t16-,17-/m0/s1. The lowest BCUT2D eigenvalue weighted by atomic mass is 9.78. The second-order valence-electron chi connectivity index (χ2n) is 7.38. The summed E-state index contributed by atoms with van der Waals surface area (Å²) in [5.74, 6) is -2.17. The SMILES string of the molecule is Cc1ccc(S(=O)(=O)N2CCN(C(=O)[C@H]3CCCC[C@@H]3C(=O)O)CC2)cc1. The Morgan fingerprint density at radius 1 is 0.963 bits per heavy atom. The van der Waals surface area contributed by atoms with E-state index in [1.54, 1.807) is 29.2 Å². The van der Waals surface area contributed by atoms with Crippen molar-refractivity contribution >= 4 is 21.9 Å². The first-order valence-corrected chi connectivity index (χ1v) is 10.8. The van der Waals surface area contributed by atoms with Crippen molar-refractivity contribution in [3.05, 3.63) is 29.8 Å². The summed E-state index contributed by atoms with van der Waals surface area (Å²) in [4.78, 5) is 26.2. The van der Waals surface area contributed by atoms with E-state index >= 15 is 0 Å². The highest BCUT2D eigenvalue weighted by molar-refractivity contribution is 7.89. The molecule has 0 radical (unpaired) electrons. The summed E-state index contributed by atoms with van der Waals surface area (Å²) in [6.45, 7) is 2.95. The maximum atomic E-state index is 12.8. The van der Waals surface area contributed by atoms with Gasteiger partial charge in [0.2, 0.25) is 15.9 Å². The minimum absolute atomic E-state index is 0.144. The van der Waals surface area contributed by atoms with Crippen LogP contribution in [0.15, 0.2) is 29.2 Å². The number of hydrogen-bond acceptors (Lipinski definition) is 4. The molecule has 1 saturated carbocycles. The molecule has 8 heteroatoms. The zero-order valence-electron chi connectivity index (χ0n) is 15.5. The van der Waals surface area contributed by atoms with Gasteiger partial charge < -0.3 is 10.0 Å². The first-order chi connectivity index (χ1) is 12.8. The molecule has 1 aromatic rings. The van der Waals surface area contributed by atoms with E-state index in [2.05, 4.69) is 0 Å². The van der Waals surface area contributed by atoms with E-state index in [0.29, 0.717) is 25.9 Å². The van der Waals surface area contributed by atoms with Crippen LogP contribution in [-0.4, -0.2) is 60.8 Å². The second kappa shape index (κ2) is 7.98. The molecule has 1 N–H and O–H groups in total. The zero-order valence-corrected chi connectivity index (χ0v) is 16.3. The maximum absolute atomic E-state index is 12.8. The first kappa shape index (κ1) is 19.8. The number of amides is 1. The lowest BCUT2D eigenvalue weighted by Crippen LogP contribution is -2.53. The van der Waals surface area contributed by atoms with Gasteiger partial charge in [-0.2, -0.15) is 4.31 Å². The van der Waals surface area contributed by atoms with Gasteiger partial charge in [0.15, 0.2) is 0 Å². The maximum Gasteiger partial charge on any atom is 0.307 e. The molecule has 1 heterocycles. The normalized spacial score (nSPS) is 24.6. The quantitative estimate of drug-likeness (QED) is 0.839. The van der Waals surface area contributed by atoms with Crippen LogP contribution in [0.3, 0.4) is 0 Å². The Hall–Kier alpha value is -1.93. The molecule has 3 rings (SSSR count). The zero-order chi connectivity index (χ0) is 19.6. The number of aliphatic carboxylic acids is 1. The molecule has 2 aliphatic rings. The van der Waals surface area contributed by atoms with Crippen LogP contribution in [0.4, 0.5) is 0 Å². The number of benzene rings is 1. The molecule has 1 saturated heterocycles. The Morgan fingerprint density at radius 2 is 1.52 bits per heavy atom. The van der Waals surface area contributed by atoms with Gasteiger partial charge in [-0.15, -0.1) is 0 Å². The van der Waals surface area contributed by atoms with E-state index in [1.807, 2.05) is 6.92 Å². The summed E-state index contributed by atoms with van der Waals surface area (Å²) in [5.41, 5.74) is 0.991. The molecule has 2 atom stereocenters. The summed E-state index contributed by atoms with van der Waals surface area (Å²) in [6.07, 6.45) is 2.83. The van der Waals surface area contributed by atoms with Crippen molar-refractivity contribution in [1.29, 1.82) is 0 Å². The molecular weight excluding hydrogens is 368 g/mol. The summed E-state index contributed by atoms with van der Waals surface area (Å²) >= 11 is 0. The van der Waals surface area contributed by atoms with E-state index in [-0.39, 0.29) is 23.9 Å². The van der Waals surface area contributed by atoms with Gasteiger partial charge in [-0.05, 0) is 31.9 Å². The van der Waals surface area contributed by atoms with Crippen molar-refractivity contribution in [3.8, 4) is 0 Å². The summed E-state index contributed by atoms with van der Waals surface area (Å²) < 4.78 is 26.9. The fourth-order valence-electron chi connectivity index (χ4n) is 3.96. The van der Waals surface area contributed by atoms with Gasteiger partial charge in [0, 0.05) is 26.2 Å². The van der Waals surface area contributed by atoms with Gasteiger partial charge in [0.25, 0.3) is 0 Å². The van der Waals surface area contributed by atoms with Crippen LogP contribution in [0.1, 0.15) is 31.2 Å². The third-order valence-corrected chi connectivity index (χ3v) is 7.52. The van der Waals surface area contributed by atoms with Crippen molar-refractivity contribution in [2.24, 2.45) is 11.8 Å². The van der Waals surface area contributed by atoms with Crippen molar-refractivity contribution in [2.45, 2.75) is 37.5 Å². The number of carbonyl (C=O) groups is 2. The van der Waals surface area contributed by atoms with Crippen LogP contribution in [0, 0.1) is 18.8 Å². The number of piperazine rings is 1. The molecule has 0 aromatic heterocycles. The van der Waals surface area contributed by atoms with E-state index in [9.17, 15) is 23.1 Å². The van der Waals surface area contributed by atoms with Gasteiger partial charge in [-0.1, -0.05) is 30.5 Å². The van der Waals surface area contributed by atoms with Crippen LogP contribution in [0.2, 0.25) is 0 Å². The molecule has 1 aliphatic heterocycles. The molecule has 27 heavy (non-hydrogen) atoms. The molecule has 1 amide bonds. The molecule has 148 valence electrons. The summed E-state index contributed by atoms with van der Waals surface area (Å²) in [5, 5.41) is 9.39. The van der Waals surface area contributed by atoms with Crippen molar-refractivity contribution in [1.82, 2.24) is 9.21 Å². The second-order valence-corrected chi connectivity index (χ2v) is 9.32. The Labute approximate surface area is 160 Å². The van der Waals surface area contributed by atoms with Gasteiger partial charge in [0.05, 0.1) is 16.7 Å². The van der Waals surface area contributed by atoms with Gasteiger partial charge >= 0.3 is 5.97 Å². The molecule has 0 bridgehead atoms. The topological polar surface area (TPSA) is 95.0 Å². The summed E-state index contributed by atoms with van der Waals surface area (Å²) in [7, 11) is -3.58. The minimum Gasteiger partial charge on any atom is -0.481 e. The minimum atomic E-state index is -3.58.